The van der Waals surface area contributed by atoms with Crippen molar-refractivity contribution < 1.29 is 0 Å². The summed E-state index contributed by atoms with van der Waals surface area (Å²) in [6.07, 6.45) is 9.15. The van der Waals surface area contributed by atoms with Gasteiger partial charge in [0.15, 0.2) is 0 Å². The van der Waals surface area contributed by atoms with Gasteiger partial charge in [0.25, 0.3) is 0 Å². The summed E-state index contributed by atoms with van der Waals surface area (Å²) in [7, 11) is 0. The molecular weight excluding hydrogens is 266 g/mol. The van der Waals surface area contributed by atoms with Gasteiger partial charge in [-0.25, -0.2) is 0 Å². The summed E-state index contributed by atoms with van der Waals surface area (Å²) in [5, 5.41) is 0. The molecule has 0 N–H and O–H groups in total. The summed E-state index contributed by atoms with van der Waals surface area (Å²) >= 11 is 0. The molecule has 1 nitrogen and oxygen atoms in total. The third-order valence-corrected chi connectivity index (χ3v) is 4.11. The van der Waals surface area contributed by atoms with E-state index in [0.29, 0.717) is 0 Å². The van der Waals surface area contributed by atoms with Crippen LogP contribution >= 0.6 is 0 Å². The molecule has 1 heteroatoms. The van der Waals surface area contributed by atoms with Crippen LogP contribution in [-0.4, -0.2) is 24.5 Å². The van der Waals surface area contributed by atoms with E-state index in [4.69, 9.17) is 0 Å². The molecule has 0 fully saturated rings. The van der Waals surface area contributed by atoms with E-state index in [-0.39, 0.29) is 0 Å². The van der Waals surface area contributed by atoms with Crippen molar-refractivity contribution in [2.24, 2.45) is 0 Å². The number of hydrogen-bond donors (Lipinski definition) is 0. The highest BCUT2D eigenvalue weighted by Crippen LogP contribution is 2.13. The average molecular weight is 289 g/mol. The Morgan fingerprint density at radius 3 is 2.36 bits per heavy atom. The van der Waals surface area contributed by atoms with Crippen molar-refractivity contribution in [2.75, 3.05) is 19.6 Å². The van der Waals surface area contributed by atoms with Crippen LogP contribution in [0, 0.1) is 0 Å². The minimum Gasteiger partial charge on any atom is -0.298 e. The van der Waals surface area contributed by atoms with Crippen molar-refractivity contribution in [1.29, 1.82) is 0 Å². The zero-order valence-corrected chi connectivity index (χ0v) is 13.0. The molecule has 22 heavy (non-hydrogen) atoms. The molecule has 3 rings (SSSR count). The van der Waals surface area contributed by atoms with Gasteiger partial charge in [0, 0.05) is 19.6 Å². The maximum absolute atomic E-state index is 2.55. The maximum Gasteiger partial charge on any atom is 0.0230 e. The van der Waals surface area contributed by atoms with E-state index < -0.39 is 0 Å². The number of hydrogen-bond acceptors (Lipinski definition) is 1. The molecule has 0 atom stereocenters. The zero-order valence-electron chi connectivity index (χ0n) is 13.0. The quantitative estimate of drug-likeness (QED) is 0.779. The zero-order chi connectivity index (χ0) is 15.0. The van der Waals surface area contributed by atoms with Crippen molar-refractivity contribution in [3.63, 3.8) is 0 Å². The topological polar surface area (TPSA) is 3.24 Å². The van der Waals surface area contributed by atoms with Crippen molar-refractivity contribution >= 4 is 6.08 Å². The van der Waals surface area contributed by atoms with Gasteiger partial charge in [-0.15, -0.1) is 0 Å². The van der Waals surface area contributed by atoms with Crippen molar-refractivity contribution in [3.05, 3.63) is 89.5 Å². The van der Waals surface area contributed by atoms with Crippen LogP contribution < -0.4 is 0 Å². The lowest BCUT2D eigenvalue weighted by atomic mass is 10.1. The molecule has 112 valence electrons. The smallest absolute Gasteiger partial charge is 0.0230 e. The summed E-state index contributed by atoms with van der Waals surface area (Å²) in [6.45, 7) is 3.38. The van der Waals surface area contributed by atoms with Gasteiger partial charge in [-0.1, -0.05) is 78.9 Å². The Hall–Kier alpha value is -2.12. The van der Waals surface area contributed by atoms with E-state index in [2.05, 4.69) is 83.8 Å². The summed E-state index contributed by atoms with van der Waals surface area (Å²) in [5.41, 5.74) is 4.13. The minimum absolute atomic E-state index is 1.07. The van der Waals surface area contributed by atoms with Crippen LogP contribution in [0.2, 0.25) is 0 Å². The Balaban J connectivity index is 1.53. The predicted molar refractivity (Wildman–Crippen MR) is 94.8 cm³/mol. The van der Waals surface area contributed by atoms with E-state index in [0.717, 1.165) is 25.9 Å². The van der Waals surface area contributed by atoms with Crippen LogP contribution in [0.4, 0.5) is 0 Å². The Labute approximate surface area is 133 Å². The summed E-state index contributed by atoms with van der Waals surface area (Å²) in [6, 6.07) is 21.3. The van der Waals surface area contributed by atoms with Crippen molar-refractivity contribution in [3.8, 4) is 0 Å². The maximum atomic E-state index is 2.55. The third kappa shape index (κ3) is 4.44. The number of rotatable bonds is 5. The lowest BCUT2D eigenvalue weighted by Crippen LogP contribution is -2.31. The second-order valence-electron chi connectivity index (χ2n) is 5.82. The molecule has 0 bridgehead atoms. The summed E-state index contributed by atoms with van der Waals surface area (Å²) in [5.74, 6) is 0. The van der Waals surface area contributed by atoms with Gasteiger partial charge >= 0.3 is 0 Å². The van der Waals surface area contributed by atoms with Crippen molar-refractivity contribution in [2.45, 2.75) is 12.8 Å². The van der Waals surface area contributed by atoms with Gasteiger partial charge < -0.3 is 0 Å². The minimum atomic E-state index is 1.07. The molecule has 0 aliphatic carbocycles. The van der Waals surface area contributed by atoms with E-state index in [1.165, 1.54) is 23.2 Å². The Morgan fingerprint density at radius 1 is 0.864 bits per heavy atom. The van der Waals surface area contributed by atoms with Crippen LogP contribution in [0.3, 0.4) is 0 Å². The molecule has 0 aromatic heterocycles. The van der Waals surface area contributed by atoms with Crippen molar-refractivity contribution in [1.82, 2.24) is 4.90 Å². The van der Waals surface area contributed by atoms with Gasteiger partial charge in [-0.05, 0) is 29.5 Å². The molecule has 1 aliphatic rings. The number of nitrogens with zero attached hydrogens (tertiary/aromatic N) is 1. The molecule has 1 heterocycles. The second kappa shape index (κ2) is 7.77. The van der Waals surface area contributed by atoms with E-state index in [9.17, 15) is 0 Å². The van der Waals surface area contributed by atoms with E-state index in [1.807, 2.05) is 0 Å². The lowest BCUT2D eigenvalue weighted by Gasteiger charge is -2.26. The van der Waals surface area contributed by atoms with Gasteiger partial charge in [-0.3, -0.25) is 4.90 Å². The molecule has 0 saturated heterocycles. The highest BCUT2D eigenvalue weighted by molar-refractivity contribution is 5.53. The summed E-state index contributed by atoms with van der Waals surface area (Å²) in [4.78, 5) is 2.55. The molecular formula is C21H23N. The van der Waals surface area contributed by atoms with Crippen LogP contribution in [0.5, 0.6) is 0 Å². The highest BCUT2D eigenvalue weighted by atomic mass is 15.1. The van der Waals surface area contributed by atoms with E-state index >= 15 is 0 Å². The van der Waals surface area contributed by atoms with Crippen LogP contribution in [0.15, 0.2) is 78.4 Å². The third-order valence-electron chi connectivity index (χ3n) is 4.11. The first kappa shape index (κ1) is 14.8. The fourth-order valence-corrected chi connectivity index (χ4v) is 2.85. The molecule has 2 aromatic carbocycles. The fraction of sp³-hybridized carbons (Fsp3) is 0.238. The van der Waals surface area contributed by atoms with Crippen LogP contribution in [0.1, 0.15) is 17.5 Å². The van der Waals surface area contributed by atoms with Gasteiger partial charge in [0.1, 0.15) is 0 Å². The fourth-order valence-electron chi connectivity index (χ4n) is 2.85. The van der Waals surface area contributed by atoms with Crippen LogP contribution in [-0.2, 0) is 6.42 Å². The monoisotopic (exact) mass is 289 g/mol. The standard InChI is InChI=1S/C21H23N/c1-3-8-19(9-4-1)13-14-21-12-7-16-22(18-21)17-15-20-10-5-2-6-11-20/h1-6,8-14H,7,15-18H2/b14-13+. The molecule has 0 radical (unpaired) electrons. The normalized spacial score (nSPS) is 15.9. The average Bonchev–Trinajstić information content (AvgIpc) is 2.60. The van der Waals surface area contributed by atoms with Gasteiger partial charge in [-0.2, -0.15) is 0 Å². The Bertz CT molecular complexity index is 625. The van der Waals surface area contributed by atoms with E-state index in [1.54, 1.807) is 0 Å². The summed E-state index contributed by atoms with van der Waals surface area (Å²) < 4.78 is 0. The molecule has 0 spiro atoms. The largest absolute Gasteiger partial charge is 0.298 e. The lowest BCUT2D eigenvalue weighted by molar-refractivity contribution is 0.297. The second-order valence-corrected chi connectivity index (χ2v) is 5.82. The Kier molecular flexibility index (Phi) is 5.22. The highest BCUT2D eigenvalue weighted by Gasteiger charge is 2.10. The number of benzene rings is 2. The first-order chi connectivity index (χ1) is 10.9. The predicted octanol–water partition coefficient (Wildman–Crippen LogP) is 4.57. The Morgan fingerprint density at radius 2 is 1.59 bits per heavy atom. The first-order valence-electron chi connectivity index (χ1n) is 8.08. The SMILES string of the molecule is C1=C(/C=C/c2ccccc2)CN(CCc2ccccc2)CC1. The molecule has 0 saturated carbocycles. The van der Waals surface area contributed by atoms with Gasteiger partial charge in [0.2, 0.25) is 0 Å². The first-order valence-corrected chi connectivity index (χ1v) is 8.08. The molecule has 0 unspecified atom stereocenters. The molecule has 1 aliphatic heterocycles. The molecule has 0 amide bonds. The van der Waals surface area contributed by atoms with Crippen LogP contribution in [0.25, 0.3) is 6.08 Å². The molecule has 2 aromatic rings. The van der Waals surface area contributed by atoms with Gasteiger partial charge in [0.05, 0.1) is 0 Å².